The standard InChI is InChI=1S/C19H10N2O4/c1-24-19(23)13-8-11-17(22)15-14-10(6-7-20-16(14)18(11)25-13)9-4-2-3-5-12(9)21-15/h2-8H,1H3. The number of pyridine rings is 2. The van der Waals surface area contributed by atoms with E-state index < -0.39 is 5.97 Å². The van der Waals surface area contributed by atoms with Crippen LogP contribution in [0.2, 0.25) is 0 Å². The molecule has 0 N–H and O–H groups in total. The van der Waals surface area contributed by atoms with Crippen LogP contribution in [-0.2, 0) is 4.74 Å². The number of carbonyl (C=O) groups is 2. The number of para-hydroxylation sites is 1. The van der Waals surface area contributed by atoms with Crippen molar-refractivity contribution in [3.63, 3.8) is 0 Å². The van der Waals surface area contributed by atoms with Crippen LogP contribution >= 0.6 is 0 Å². The Kier molecular flexibility index (Phi) is 2.62. The van der Waals surface area contributed by atoms with Gasteiger partial charge >= 0.3 is 5.97 Å². The number of ketones is 1. The molecule has 0 saturated heterocycles. The molecule has 4 aromatic rings. The second-order valence-electron chi connectivity index (χ2n) is 5.73. The van der Waals surface area contributed by atoms with Crippen LogP contribution in [0.4, 0.5) is 0 Å². The fraction of sp³-hybridized carbons (Fsp3) is 0.0526. The van der Waals surface area contributed by atoms with Crippen LogP contribution in [-0.4, -0.2) is 28.8 Å². The lowest BCUT2D eigenvalue weighted by Crippen LogP contribution is -2.11. The van der Waals surface area contributed by atoms with Crippen molar-refractivity contribution < 1.29 is 18.7 Å². The Morgan fingerprint density at radius 1 is 1.12 bits per heavy atom. The number of hydrogen-bond donors (Lipinski definition) is 0. The summed E-state index contributed by atoms with van der Waals surface area (Å²) >= 11 is 0. The van der Waals surface area contributed by atoms with Gasteiger partial charge in [0.25, 0.3) is 0 Å². The van der Waals surface area contributed by atoms with Gasteiger partial charge in [-0.1, -0.05) is 18.2 Å². The van der Waals surface area contributed by atoms with E-state index in [1.165, 1.54) is 13.2 Å². The summed E-state index contributed by atoms with van der Waals surface area (Å²) in [5.74, 6) is -0.681. The highest BCUT2D eigenvalue weighted by Gasteiger charge is 2.33. The summed E-state index contributed by atoms with van der Waals surface area (Å²) in [6.45, 7) is 0. The number of ether oxygens (including phenoxy) is 1. The Morgan fingerprint density at radius 2 is 1.96 bits per heavy atom. The number of aromatic nitrogens is 2. The van der Waals surface area contributed by atoms with Crippen LogP contribution in [0.25, 0.3) is 33.1 Å². The van der Waals surface area contributed by atoms with Gasteiger partial charge in [0.15, 0.2) is 5.76 Å². The lowest BCUT2D eigenvalue weighted by molar-refractivity contribution is 0.0566. The van der Waals surface area contributed by atoms with Gasteiger partial charge in [-0.05, 0) is 17.5 Å². The number of fused-ring (bicyclic) bond motifs is 4. The molecular formula is C19H10N2O4. The Morgan fingerprint density at radius 3 is 2.80 bits per heavy atom. The molecule has 0 bridgehead atoms. The van der Waals surface area contributed by atoms with Crippen molar-refractivity contribution >= 4 is 33.4 Å². The third-order valence-electron chi connectivity index (χ3n) is 4.41. The van der Waals surface area contributed by atoms with Crippen LogP contribution in [0.5, 0.6) is 0 Å². The van der Waals surface area contributed by atoms with Gasteiger partial charge in [-0.2, -0.15) is 0 Å². The van der Waals surface area contributed by atoms with Crippen LogP contribution in [0.1, 0.15) is 26.6 Å². The molecule has 0 unspecified atom stereocenters. The van der Waals surface area contributed by atoms with E-state index >= 15 is 0 Å². The number of hydrogen-bond acceptors (Lipinski definition) is 6. The number of esters is 1. The van der Waals surface area contributed by atoms with E-state index in [1.54, 1.807) is 6.20 Å². The first kappa shape index (κ1) is 13.9. The number of methoxy groups -OCH3 is 1. The van der Waals surface area contributed by atoms with Crippen molar-refractivity contribution in [1.82, 2.24) is 9.97 Å². The summed E-state index contributed by atoms with van der Waals surface area (Å²) in [7, 11) is 1.26. The van der Waals surface area contributed by atoms with Gasteiger partial charge in [-0.3, -0.25) is 9.78 Å². The molecule has 0 amide bonds. The third kappa shape index (κ3) is 1.73. The zero-order valence-electron chi connectivity index (χ0n) is 13.1. The van der Waals surface area contributed by atoms with Gasteiger partial charge in [0, 0.05) is 23.0 Å². The molecule has 1 aliphatic carbocycles. The van der Waals surface area contributed by atoms with Crippen molar-refractivity contribution in [3.05, 3.63) is 59.6 Å². The molecule has 0 radical (unpaired) electrons. The number of nitrogens with zero attached hydrogens (tertiary/aromatic N) is 2. The molecule has 0 atom stereocenters. The van der Waals surface area contributed by atoms with Crippen molar-refractivity contribution in [2.45, 2.75) is 0 Å². The molecule has 6 heteroatoms. The van der Waals surface area contributed by atoms with Gasteiger partial charge in [0.2, 0.25) is 11.5 Å². The Labute approximate surface area is 141 Å². The van der Waals surface area contributed by atoms with Gasteiger partial charge in [-0.15, -0.1) is 0 Å². The van der Waals surface area contributed by atoms with Gasteiger partial charge in [0.05, 0.1) is 18.2 Å². The molecule has 120 valence electrons. The minimum absolute atomic E-state index is 0.0305. The van der Waals surface area contributed by atoms with Crippen LogP contribution in [0.15, 0.2) is 47.0 Å². The average molecular weight is 330 g/mol. The largest absolute Gasteiger partial charge is 0.463 e. The van der Waals surface area contributed by atoms with Gasteiger partial charge in [0.1, 0.15) is 11.4 Å². The average Bonchev–Trinajstić information content (AvgIpc) is 3.11. The molecule has 3 heterocycles. The van der Waals surface area contributed by atoms with E-state index in [4.69, 9.17) is 4.42 Å². The summed E-state index contributed by atoms with van der Waals surface area (Å²) in [5.41, 5.74) is 1.84. The lowest BCUT2D eigenvalue weighted by Gasteiger charge is -2.15. The second-order valence-corrected chi connectivity index (χ2v) is 5.73. The Balaban J connectivity index is 1.93. The summed E-state index contributed by atoms with van der Waals surface area (Å²) in [6, 6.07) is 10.9. The highest BCUT2D eigenvalue weighted by atomic mass is 16.5. The highest BCUT2D eigenvalue weighted by molar-refractivity contribution is 6.27. The van der Waals surface area contributed by atoms with Crippen LogP contribution in [0.3, 0.4) is 0 Å². The molecule has 0 aliphatic heterocycles. The first-order valence-electron chi connectivity index (χ1n) is 7.63. The van der Waals surface area contributed by atoms with Crippen LogP contribution in [0, 0.1) is 0 Å². The quantitative estimate of drug-likeness (QED) is 0.346. The number of carbonyl (C=O) groups excluding carboxylic acids is 2. The predicted molar refractivity (Wildman–Crippen MR) is 89.5 cm³/mol. The zero-order chi connectivity index (χ0) is 17.1. The highest BCUT2D eigenvalue weighted by Crippen LogP contribution is 2.40. The van der Waals surface area contributed by atoms with E-state index in [2.05, 4.69) is 14.7 Å². The SMILES string of the molecule is COC(=O)c1cc2c(o1)-c1nccc3c1c(nc1ccccc13)C2=O. The molecule has 0 spiro atoms. The molecule has 5 rings (SSSR count). The summed E-state index contributed by atoms with van der Waals surface area (Å²) in [6.07, 6.45) is 1.66. The smallest absolute Gasteiger partial charge is 0.373 e. The Bertz CT molecular complexity index is 1220. The molecule has 1 aromatic carbocycles. The number of benzene rings is 1. The van der Waals surface area contributed by atoms with Crippen molar-refractivity contribution in [2.75, 3.05) is 7.11 Å². The predicted octanol–water partition coefficient (Wildman–Crippen LogP) is 3.37. The third-order valence-corrected chi connectivity index (χ3v) is 4.41. The topological polar surface area (TPSA) is 82.3 Å². The fourth-order valence-electron chi connectivity index (χ4n) is 3.30. The Hall–Kier alpha value is -3.54. The minimum Gasteiger partial charge on any atom is -0.463 e. The monoisotopic (exact) mass is 330 g/mol. The minimum atomic E-state index is -0.642. The molecule has 0 fully saturated rings. The van der Waals surface area contributed by atoms with Crippen molar-refractivity contribution in [3.8, 4) is 11.5 Å². The molecule has 3 aromatic heterocycles. The maximum absolute atomic E-state index is 13.0. The van der Waals surface area contributed by atoms with Gasteiger partial charge < -0.3 is 9.15 Å². The second kappa shape index (κ2) is 4.73. The van der Waals surface area contributed by atoms with E-state index in [0.29, 0.717) is 16.8 Å². The van der Waals surface area contributed by atoms with Gasteiger partial charge in [-0.25, -0.2) is 9.78 Å². The van der Waals surface area contributed by atoms with Crippen LogP contribution < -0.4 is 0 Å². The molecule has 1 aliphatic rings. The van der Waals surface area contributed by atoms with Crippen molar-refractivity contribution in [1.29, 1.82) is 0 Å². The molecule has 25 heavy (non-hydrogen) atoms. The molecule has 0 saturated carbocycles. The maximum Gasteiger partial charge on any atom is 0.373 e. The summed E-state index contributed by atoms with van der Waals surface area (Å²) in [4.78, 5) is 33.7. The van der Waals surface area contributed by atoms with E-state index in [9.17, 15) is 9.59 Å². The summed E-state index contributed by atoms with van der Waals surface area (Å²) in [5, 5.41) is 2.45. The van der Waals surface area contributed by atoms with E-state index in [-0.39, 0.29) is 22.9 Å². The first-order valence-corrected chi connectivity index (χ1v) is 7.63. The van der Waals surface area contributed by atoms with Crippen molar-refractivity contribution in [2.24, 2.45) is 0 Å². The number of rotatable bonds is 1. The molecule has 6 nitrogen and oxygen atoms in total. The first-order chi connectivity index (χ1) is 12.2. The summed E-state index contributed by atoms with van der Waals surface area (Å²) < 4.78 is 10.3. The molecular weight excluding hydrogens is 320 g/mol. The van der Waals surface area contributed by atoms with E-state index in [0.717, 1.165) is 16.3 Å². The normalized spacial score (nSPS) is 12.4. The maximum atomic E-state index is 13.0. The van der Waals surface area contributed by atoms with E-state index in [1.807, 2.05) is 30.3 Å². The zero-order valence-corrected chi connectivity index (χ0v) is 13.1. The lowest BCUT2D eigenvalue weighted by atomic mass is 9.92. The number of furan rings is 1. The fourth-order valence-corrected chi connectivity index (χ4v) is 3.30.